The van der Waals surface area contributed by atoms with Crippen molar-refractivity contribution in [3.63, 3.8) is 0 Å². The Morgan fingerprint density at radius 1 is 1.12 bits per heavy atom. The van der Waals surface area contributed by atoms with Gasteiger partial charge in [-0.3, -0.25) is 0 Å². The molecule has 2 N–H and O–H groups in total. The predicted octanol–water partition coefficient (Wildman–Crippen LogP) is 1.57. The maximum Gasteiger partial charge on any atom is 0.375 e. The molecule has 0 atom stereocenters. The van der Waals surface area contributed by atoms with Crippen molar-refractivity contribution in [2.45, 2.75) is 33.1 Å². The van der Waals surface area contributed by atoms with Crippen LogP contribution in [0.4, 0.5) is 0 Å². The fourth-order valence-electron chi connectivity index (χ4n) is 0.928. The van der Waals surface area contributed by atoms with Crippen LogP contribution in [-0.4, -0.2) is 28.8 Å². The van der Waals surface area contributed by atoms with E-state index in [0.717, 1.165) is 6.42 Å². The zero-order valence-corrected chi connectivity index (χ0v) is 9.36. The smallest absolute Gasteiger partial charge is 0.375 e. The minimum atomic E-state index is -1.45. The Kier molecular flexibility index (Phi) is 6.95. The van der Waals surface area contributed by atoms with Crippen LogP contribution in [-0.2, 0) is 19.4 Å². The standard InChI is InChI=1S/C10H16O6/c1-3-5-6-15-16-8(10(13)14)7(4-2)9(11)12/h3-6H2,1-2H3,(H,11,12)(H,13,14)/b8-7-. The van der Waals surface area contributed by atoms with Crippen LogP contribution in [0.1, 0.15) is 33.1 Å². The van der Waals surface area contributed by atoms with Gasteiger partial charge in [0, 0.05) is 0 Å². The number of carboxylic acid groups (broad SMARTS) is 2. The van der Waals surface area contributed by atoms with E-state index < -0.39 is 17.7 Å². The van der Waals surface area contributed by atoms with E-state index in [1.807, 2.05) is 6.92 Å². The molecule has 0 saturated heterocycles. The van der Waals surface area contributed by atoms with Gasteiger partial charge in [0.25, 0.3) is 5.76 Å². The summed E-state index contributed by atoms with van der Waals surface area (Å²) in [4.78, 5) is 30.6. The van der Waals surface area contributed by atoms with Gasteiger partial charge in [0.2, 0.25) is 0 Å². The summed E-state index contributed by atoms with van der Waals surface area (Å²) in [5.41, 5.74) is -0.316. The first-order chi connectivity index (χ1) is 7.54. The molecule has 0 rings (SSSR count). The molecule has 0 aromatic rings. The van der Waals surface area contributed by atoms with E-state index in [-0.39, 0.29) is 18.6 Å². The van der Waals surface area contributed by atoms with Gasteiger partial charge in [-0.2, -0.15) is 4.89 Å². The van der Waals surface area contributed by atoms with Crippen LogP contribution in [0.3, 0.4) is 0 Å². The number of carbonyl (C=O) groups is 2. The second kappa shape index (κ2) is 7.70. The first kappa shape index (κ1) is 14.4. The molecule has 0 amide bonds. The number of rotatable bonds is 8. The third-order valence-electron chi connectivity index (χ3n) is 1.80. The lowest BCUT2D eigenvalue weighted by atomic mass is 10.2. The molecular formula is C10H16O6. The summed E-state index contributed by atoms with van der Waals surface area (Å²) < 4.78 is 0. The van der Waals surface area contributed by atoms with Gasteiger partial charge in [0.05, 0.1) is 12.2 Å². The Bertz CT molecular complexity index is 281. The van der Waals surface area contributed by atoms with Gasteiger partial charge in [-0.25, -0.2) is 9.59 Å². The van der Waals surface area contributed by atoms with Gasteiger partial charge >= 0.3 is 11.9 Å². The van der Waals surface area contributed by atoms with E-state index in [1.54, 1.807) is 0 Å². The predicted molar refractivity (Wildman–Crippen MR) is 54.5 cm³/mol. The van der Waals surface area contributed by atoms with Gasteiger partial charge in [0.1, 0.15) is 0 Å². The van der Waals surface area contributed by atoms with Gasteiger partial charge in [-0.05, 0) is 12.8 Å². The van der Waals surface area contributed by atoms with Crippen molar-refractivity contribution >= 4 is 11.9 Å². The summed E-state index contributed by atoms with van der Waals surface area (Å²) in [7, 11) is 0. The molecule has 16 heavy (non-hydrogen) atoms. The molecule has 92 valence electrons. The highest BCUT2D eigenvalue weighted by molar-refractivity contribution is 5.97. The second-order valence-electron chi connectivity index (χ2n) is 3.03. The number of unbranched alkanes of at least 4 members (excludes halogenated alkanes) is 1. The van der Waals surface area contributed by atoms with Gasteiger partial charge < -0.3 is 15.1 Å². The van der Waals surface area contributed by atoms with E-state index in [1.165, 1.54) is 6.92 Å². The lowest BCUT2D eigenvalue weighted by molar-refractivity contribution is -0.264. The first-order valence-electron chi connectivity index (χ1n) is 5.03. The monoisotopic (exact) mass is 232 g/mol. The van der Waals surface area contributed by atoms with E-state index in [0.29, 0.717) is 6.42 Å². The molecular weight excluding hydrogens is 216 g/mol. The van der Waals surface area contributed by atoms with Gasteiger partial charge in [0.15, 0.2) is 0 Å². The molecule has 0 radical (unpaired) electrons. The molecule has 0 fully saturated rings. The molecule has 0 aromatic carbocycles. The van der Waals surface area contributed by atoms with E-state index in [2.05, 4.69) is 9.78 Å². The van der Waals surface area contributed by atoms with Crippen LogP contribution in [0.2, 0.25) is 0 Å². The molecule has 0 bridgehead atoms. The van der Waals surface area contributed by atoms with E-state index in [9.17, 15) is 9.59 Å². The Hall–Kier alpha value is -1.56. The maximum atomic E-state index is 10.7. The highest BCUT2D eigenvalue weighted by atomic mass is 17.2. The lowest BCUT2D eigenvalue weighted by Crippen LogP contribution is -2.14. The zero-order valence-electron chi connectivity index (χ0n) is 9.36. The molecule has 0 aliphatic rings. The van der Waals surface area contributed by atoms with Crippen molar-refractivity contribution in [3.8, 4) is 0 Å². The van der Waals surface area contributed by atoms with Crippen LogP contribution in [0.15, 0.2) is 11.3 Å². The van der Waals surface area contributed by atoms with Crippen LogP contribution in [0, 0.1) is 0 Å². The summed E-state index contributed by atoms with van der Waals surface area (Å²) in [6.45, 7) is 3.69. The van der Waals surface area contributed by atoms with Crippen LogP contribution in [0.5, 0.6) is 0 Å². The molecule has 0 aromatic heterocycles. The van der Waals surface area contributed by atoms with Gasteiger partial charge in [-0.15, -0.1) is 0 Å². The Labute approximate surface area is 93.4 Å². The Balaban J connectivity index is 4.59. The van der Waals surface area contributed by atoms with Crippen molar-refractivity contribution in [1.29, 1.82) is 0 Å². The molecule has 0 unspecified atom stereocenters. The number of hydrogen-bond acceptors (Lipinski definition) is 4. The van der Waals surface area contributed by atoms with Crippen LogP contribution < -0.4 is 0 Å². The fraction of sp³-hybridized carbons (Fsp3) is 0.600. The number of carboxylic acids is 2. The SMILES string of the molecule is CCCCOO/C(C(=O)O)=C(/CC)C(=O)O. The quantitative estimate of drug-likeness (QED) is 0.217. The summed E-state index contributed by atoms with van der Waals surface area (Å²) >= 11 is 0. The molecule has 6 nitrogen and oxygen atoms in total. The van der Waals surface area contributed by atoms with Crippen molar-refractivity contribution in [3.05, 3.63) is 11.3 Å². The van der Waals surface area contributed by atoms with E-state index in [4.69, 9.17) is 10.2 Å². The molecule has 0 aliphatic carbocycles. The molecule has 0 aliphatic heterocycles. The summed E-state index contributed by atoms with van der Waals surface area (Å²) in [6, 6.07) is 0. The van der Waals surface area contributed by atoms with Gasteiger partial charge in [-0.1, -0.05) is 20.3 Å². The van der Waals surface area contributed by atoms with Crippen molar-refractivity contribution < 1.29 is 29.6 Å². The highest BCUT2D eigenvalue weighted by Gasteiger charge is 2.21. The molecule has 6 heteroatoms. The largest absolute Gasteiger partial charge is 0.478 e. The number of hydrogen-bond donors (Lipinski definition) is 2. The third kappa shape index (κ3) is 4.79. The zero-order chi connectivity index (χ0) is 12.6. The molecule has 0 saturated carbocycles. The van der Waals surface area contributed by atoms with Crippen molar-refractivity contribution in [2.24, 2.45) is 0 Å². The minimum absolute atomic E-state index is 0.0497. The third-order valence-corrected chi connectivity index (χ3v) is 1.80. The normalized spacial score (nSPS) is 11.9. The molecule has 0 heterocycles. The van der Waals surface area contributed by atoms with Crippen LogP contribution >= 0.6 is 0 Å². The molecule has 0 spiro atoms. The highest BCUT2D eigenvalue weighted by Crippen LogP contribution is 2.12. The van der Waals surface area contributed by atoms with E-state index >= 15 is 0 Å². The van der Waals surface area contributed by atoms with Crippen molar-refractivity contribution in [2.75, 3.05) is 6.61 Å². The fourth-order valence-corrected chi connectivity index (χ4v) is 0.928. The Morgan fingerprint density at radius 3 is 2.12 bits per heavy atom. The summed E-state index contributed by atoms with van der Waals surface area (Å²) in [5.74, 6) is -3.43. The topological polar surface area (TPSA) is 93.1 Å². The maximum absolute atomic E-state index is 10.7. The minimum Gasteiger partial charge on any atom is -0.478 e. The average molecular weight is 232 g/mol. The van der Waals surface area contributed by atoms with Crippen molar-refractivity contribution in [1.82, 2.24) is 0 Å². The van der Waals surface area contributed by atoms with Crippen LogP contribution in [0.25, 0.3) is 0 Å². The number of aliphatic carboxylic acids is 2. The summed E-state index contributed by atoms with van der Waals surface area (Å²) in [5, 5.41) is 17.5. The Morgan fingerprint density at radius 2 is 1.75 bits per heavy atom. The average Bonchev–Trinajstić information content (AvgIpc) is 2.21. The lowest BCUT2D eigenvalue weighted by Gasteiger charge is -2.07. The summed E-state index contributed by atoms with van der Waals surface area (Å²) in [6.07, 6.45) is 1.63. The second-order valence-corrected chi connectivity index (χ2v) is 3.03. The first-order valence-corrected chi connectivity index (χ1v) is 5.03.